The lowest BCUT2D eigenvalue weighted by Gasteiger charge is -2.32. The summed E-state index contributed by atoms with van der Waals surface area (Å²) in [6.07, 6.45) is 5.34. The van der Waals surface area contributed by atoms with Crippen molar-refractivity contribution in [1.29, 1.82) is 0 Å². The molecule has 0 amide bonds. The molecular weight excluding hydrogens is 304 g/mol. The molecule has 0 aromatic rings. The molecule has 2 rings (SSSR count). The quantitative estimate of drug-likeness (QED) is 0.785. The third-order valence-electron chi connectivity index (χ3n) is 3.92. The van der Waals surface area contributed by atoms with Crippen molar-refractivity contribution < 1.29 is 8.42 Å². The van der Waals surface area contributed by atoms with E-state index >= 15 is 0 Å². The fourth-order valence-electron chi connectivity index (χ4n) is 2.29. The Morgan fingerprint density at radius 1 is 1.41 bits per heavy atom. The molecule has 1 aliphatic heterocycles. The first-order valence-electron chi connectivity index (χ1n) is 6.32. The van der Waals surface area contributed by atoms with Crippen molar-refractivity contribution in [3.05, 3.63) is 0 Å². The van der Waals surface area contributed by atoms with Crippen molar-refractivity contribution in [2.75, 3.05) is 18.4 Å². The summed E-state index contributed by atoms with van der Waals surface area (Å²) >= 11 is 3.46. The smallest absolute Gasteiger partial charge is 0.202 e. The van der Waals surface area contributed by atoms with Crippen LogP contribution >= 0.6 is 15.9 Å². The molecule has 17 heavy (non-hydrogen) atoms. The van der Waals surface area contributed by atoms with Crippen LogP contribution in [-0.2, 0) is 10.2 Å². The van der Waals surface area contributed by atoms with E-state index in [-0.39, 0.29) is 11.5 Å². The highest BCUT2D eigenvalue weighted by atomic mass is 79.9. The molecule has 100 valence electrons. The standard InChI is InChI=1S/C11H21BrN2O2S/c1-10-4-2-3-7-14(10)17(15,16)13-9-11(8-12)5-6-11/h10,13H,2-9H2,1H3. The molecule has 1 saturated heterocycles. The average Bonchev–Trinajstić information content (AvgIpc) is 3.08. The van der Waals surface area contributed by atoms with Crippen molar-refractivity contribution in [2.24, 2.45) is 5.41 Å². The minimum atomic E-state index is -3.27. The first-order chi connectivity index (χ1) is 7.99. The second-order valence-electron chi connectivity index (χ2n) is 5.42. The van der Waals surface area contributed by atoms with Crippen LogP contribution in [0.25, 0.3) is 0 Å². The number of piperidine rings is 1. The Balaban J connectivity index is 1.93. The SMILES string of the molecule is CC1CCCCN1S(=O)(=O)NCC1(CBr)CC1. The van der Waals surface area contributed by atoms with Gasteiger partial charge in [0.1, 0.15) is 0 Å². The van der Waals surface area contributed by atoms with Crippen molar-refractivity contribution in [3.63, 3.8) is 0 Å². The molecule has 1 unspecified atom stereocenters. The third-order valence-corrected chi connectivity index (χ3v) is 6.78. The number of hydrogen-bond acceptors (Lipinski definition) is 2. The molecule has 1 heterocycles. The molecule has 6 heteroatoms. The Morgan fingerprint density at radius 2 is 2.12 bits per heavy atom. The first kappa shape index (κ1) is 13.8. The van der Waals surface area contributed by atoms with Crippen LogP contribution in [0.3, 0.4) is 0 Å². The number of rotatable bonds is 5. The van der Waals surface area contributed by atoms with Gasteiger partial charge in [-0.15, -0.1) is 0 Å². The van der Waals surface area contributed by atoms with E-state index in [2.05, 4.69) is 20.7 Å². The lowest BCUT2D eigenvalue weighted by Crippen LogP contribution is -2.49. The summed E-state index contributed by atoms with van der Waals surface area (Å²) in [5.74, 6) is 0. The van der Waals surface area contributed by atoms with Crippen LogP contribution in [0.1, 0.15) is 39.0 Å². The maximum atomic E-state index is 12.2. The predicted octanol–water partition coefficient (Wildman–Crippen LogP) is 1.87. The van der Waals surface area contributed by atoms with Gasteiger partial charge in [0.25, 0.3) is 10.2 Å². The van der Waals surface area contributed by atoms with Gasteiger partial charge in [-0.1, -0.05) is 22.4 Å². The van der Waals surface area contributed by atoms with E-state index in [1.807, 2.05) is 6.92 Å². The molecule has 0 spiro atoms. The van der Waals surface area contributed by atoms with Crippen molar-refractivity contribution in [3.8, 4) is 0 Å². The fraction of sp³-hybridized carbons (Fsp3) is 1.00. The van der Waals surface area contributed by atoms with Gasteiger partial charge in [-0.05, 0) is 38.0 Å². The van der Waals surface area contributed by atoms with Crippen molar-refractivity contribution in [1.82, 2.24) is 9.03 Å². The highest BCUT2D eigenvalue weighted by Gasteiger charge is 2.43. The van der Waals surface area contributed by atoms with Crippen molar-refractivity contribution in [2.45, 2.75) is 45.1 Å². The summed E-state index contributed by atoms with van der Waals surface area (Å²) < 4.78 is 28.8. The molecule has 0 bridgehead atoms. The number of nitrogens with one attached hydrogen (secondary N) is 1. The monoisotopic (exact) mass is 324 g/mol. The fourth-order valence-corrected chi connectivity index (χ4v) is 4.65. The van der Waals surface area contributed by atoms with Gasteiger partial charge in [0.15, 0.2) is 0 Å². The van der Waals surface area contributed by atoms with Crippen LogP contribution < -0.4 is 4.72 Å². The molecule has 2 aliphatic rings. The first-order valence-corrected chi connectivity index (χ1v) is 8.88. The Labute approximate surface area is 112 Å². The minimum absolute atomic E-state index is 0.139. The summed E-state index contributed by atoms with van der Waals surface area (Å²) in [4.78, 5) is 0. The zero-order valence-corrected chi connectivity index (χ0v) is 12.7. The second kappa shape index (κ2) is 5.15. The average molecular weight is 325 g/mol. The van der Waals surface area contributed by atoms with Gasteiger partial charge in [-0.2, -0.15) is 12.7 Å². The van der Waals surface area contributed by atoms with E-state index in [0.29, 0.717) is 13.1 Å². The molecule has 2 fully saturated rings. The number of halogens is 1. The van der Waals surface area contributed by atoms with Crippen LogP contribution in [-0.4, -0.2) is 37.2 Å². The largest absolute Gasteiger partial charge is 0.279 e. The zero-order chi connectivity index (χ0) is 12.5. The van der Waals surface area contributed by atoms with Gasteiger partial charge in [0.05, 0.1) is 0 Å². The van der Waals surface area contributed by atoms with Gasteiger partial charge < -0.3 is 0 Å². The summed E-state index contributed by atoms with van der Waals surface area (Å²) in [6, 6.07) is 0.139. The molecule has 0 aromatic heterocycles. The van der Waals surface area contributed by atoms with Gasteiger partial charge in [0, 0.05) is 24.5 Å². The van der Waals surface area contributed by atoms with E-state index in [0.717, 1.165) is 37.4 Å². The molecule has 1 aliphatic carbocycles. The number of alkyl halides is 1. The Morgan fingerprint density at radius 3 is 2.65 bits per heavy atom. The van der Waals surface area contributed by atoms with Crippen LogP contribution in [0.5, 0.6) is 0 Å². The molecule has 1 atom stereocenters. The van der Waals surface area contributed by atoms with E-state index in [4.69, 9.17) is 0 Å². The molecule has 4 nitrogen and oxygen atoms in total. The normalized spacial score (nSPS) is 29.2. The summed E-state index contributed by atoms with van der Waals surface area (Å²) in [7, 11) is -3.27. The van der Waals surface area contributed by atoms with Crippen molar-refractivity contribution >= 4 is 26.1 Å². The van der Waals surface area contributed by atoms with E-state index in [1.165, 1.54) is 0 Å². The maximum Gasteiger partial charge on any atom is 0.279 e. The highest BCUT2D eigenvalue weighted by molar-refractivity contribution is 9.09. The lowest BCUT2D eigenvalue weighted by molar-refractivity contribution is 0.264. The minimum Gasteiger partial charge on any atom is -0.202 e. The Bertz CT molecular complexity index is 368. The number of hydrogen-bond donors (Lipinski definition) is 1. The summed E-state index contributed by atoms with van der Waals surface area (Å²) in [5.41, 5.74) is 0.187. The lowest BCUT2D eigenvalue weighted by atomic mass is 10.1. The third kappa shape index (κ3) is 3.22. The molecule has 1 N–H and O–H groups in total. The van der Waals surface area contributed by atoms with Crippen LogP contribution in [0.15, 0.2) is 0 Å². The van der Waals surface area contributed by atoms with Crippen LogP contribution in [0, 0.1) is 5.41 Å². The van der Waals surface area contributed by atoms with Crippen LogP contribution in [0.4, 0.5) is 0 Å². The maximum absolute atomic E-state index is 12.2. The summed E-state index contributed by atoms with van der Waals surface area (Å²) in [5, 5.41) is 0.887. The Kier molecular flexibility index (Phi) is 4.17. The van der Waals surface area contributed by atoms with E-state index in [9.17, 15) is 8.42 Å². The van der Waals surface area contributed by atoms with E-state index in [1.54, 1.807) is 4.31 Å². The van der Waals surface area contributed by atoms with Gasteiger partial charge in [0.2, 0.25) is 0 Å². The summed E-state index contributed by atoms with van der Waals surface area (Å²) in [6.45, 7) is 3.23. The topological polar surface area (TPSA) is 49.4 Å². The molecule has 1 saturated carbocycles. The number of nitrogens with zero attached hydrogens (tertiary/aromatic N) is 1. The Hall–Kier alpha value is 0.350. The van der Waals surface area contributed by atoms with Gasteiger partial charge >= 0.3 is 0 Å². The van der Waals surface area contributed by atoms with E-state index < -0.39 is 10.2 Å². The molecule has 0 radical (unpaired) electrons. The molecule has 0 aromatic carbocycles. The van der Waals surface area contributed by atoms with Gasteiger partial charge in [-0.3, -0.25) is 0 Å². The highest BCUT2D eigenvalue weighted by Crippen LogP contribution is 2.46. The van der Waals surface area contributed by atoms with Crippen LogP contribution in [0.2, 0.25) is 0 Å². The molecular formula is C11H21BrN2O2S. The van der Waals surface area contributed by atoms with Gasteiger partial charge in [-0.25, -0.2) is 4.72 Å². The predicted molar refractivity (Wildman–Crippen MR) is 72.4 cm³/mol. The zero-order valence-electron chi connectivity index (χ0n) is 10.3. The second-order valence-corrected chi connectivity index (χ2v) is 7.68.